The summed E-state index contributed by atoms with van der Waals surface area (Å²) in [6.45, 7) is 3.47. The highest BCUT2D eigenvalue weighted by molar-refractivity contribution is 4.70. The molecule has 0 aliphatic carbocycles. The molecule has 1 heterocycles. The standard InChI is InChI=1S/C10H19F3N2O2/c11-10(12,13)1-6-17-8-9(16)7-15-4-2-14-3-5-15/h9,14,16H,1-8H2. The topological polar surface area (TPSA) is 44.7 Å². The molecule has 102 valence electrons. The fraction of sp³-hybridized carbons (Fsp3) is 1.00. The number of aliphatic hydroxyl groups excluding tert-OH is 1. The van der Waals surface area contributed by atoms with Crippen molar-refractivity contribution in [1.29, 1.82) is 0 Å². The molecule has 1 unspecified atom stereocenters. The van der Waals surface area contributed by atoms with Crippen molar-refractivity contribution in [1.82, 2.24) is 10.2 Å². The molecule has 0 spiro atoms. The van der Waals surface area contributed by atoms with Crippen molar-refractivity contribution >= 4 is 0 Å². The molecule has 7 heteroatoms. The van der Waals surface area contributed by atoms with Crippen molar-refractivity contribution in [2.24, 2.45) is 0 Å². The van der Waals surface area contributed by atoms with Gasteiger partial charge < -0.3 is 15.2 Å². The number of piperazine rings is 1. The van der Waals surface area contributed by atoms with E-state index in [-0.39, 0.29) is 13.2 Å². The van der Waals surface area contributed by atoms with Crippen LogP contribution in [0.3, 0.4) is 0 Å². The molecule has 1 aliphatic heterocycles. The summed E-state index contributed by atoms with van der Waals surface area (Å²) in [5, 5.41) is 12.7. The predicted octanol–water partition coefficient (Wildman–Crippen LogP) is 0.222. The molecule has 0 bridgehead atoms. The molecular weight excluding hydrogens is 237 g/mol. The van der Waals surface area contributed by atoms with E-state index >= 15 is 0 Å². The number of halogens is 3. The Labute approximate surface area is 98.7 Å². The number of nitrogens with zero attached hydrogens (tertiary/aromatic N) is 1. The molecule has 2 N–H and O–H groups in total. The lowest BCUT2D eigenvalue weighted by Crippen LogP contribution is -2.47. The van der Waals surface area contributed by atoms with E-state index in [2.05, 4.69) is 10.2 Å². The third kappa shape index (κ3) is 7.54. The van der Waals surface area contributed by atoms with Crippen LogP contribution in [0.1, 0.15) is 6.42 Å². The number of alkyl halides is 3. The summed E-state index contributed by atoms with van der Waals surface area (Å²) in [7, 11) is 0. The first-order valence-electron chi connectivity index (χ1n) is 5.73. The van der Waals surface area contributed by atoms with Gasteiger partial charge in [0.05, 0.1) is 25.7 Å². The zero-order valence-corrected chi connectivity index (χ0v) is 9.67. The van der Waals surface area contributed by atoms with Crippen molar-refractivity contribution in [3.05, 3.63) is 0 Å². The van der Waals surface area contributed by atoms with E-state index in [1.165, 1.54) is 0 Å². The van der Waals surface area contributed by atoms with E-state index in [1.807, 2.05) is 0 Å². The van der Waals surface area contributed by atoms with Gasteiger partial charge in [0.25, 0.3) is 0 Å². The van der Waals surface area contributed by atoms with Crippen molar-refractivity contribution < 1.29 is 23.0 Å². The van der Waals surface area contributed by atoms with E-state index in [0.29, 0.717) is 6.54 Å². The number of rotatable bonds is 6. The predicted molar refractivity (Wildman–Crippen MR) is 56.8 cm³/mol. The summed E-state index contributed by atoms with van der Waals surface area (Å²) >= 11 is 0. The van der Waals surface area contributed by atoms with E-state index in [4.69, 9.17) is 4.74 Å². The Balaban J connectivity index is 2.02. The van der Waals surface area contributed by atoms with Gasteiger partial charge in [-0.3, -0.25) is 4.90 Å². The maximum Gasteiger partial charge on any atom is 0.391 e. The quantitative estimate of drug-likeness (QED) is 0.667. The molecular formula is C10H19F3N2O2. The maximum absolute atomic E-state index is 11.8. The fourth-order valence-corrected chi connectivity index (χ4v) is 1.65. The minimum Gasteiger partial charge on any atom is -0.389 e. The van der Waals surface area contributed by atoms with Gasteiger partial charge in [-0.2, -0.15) is 13.2 Å². The van der Waals surface area contributed by atoms with Crippen LogP contribution in [0, 0.1) is 0 Å². The molecule has 4 nitrogen and oxygen atoms in total. The molecule has 1 atom stereocenters. The smallest absolute Gasteiger partial charge is 0.389 e. The second-order valence-corrected chi connectivity index (χ2v) is 4.14. The summed E-state index contributed by atoms with van der Waals surface area (Å²) in [4.78, 5) is 2.06. The van der Waals surface area contributed by atoms with Crippen LogP contribution in [0.2, 0.25) is 0 Å². The van der Waals surface area contributed by atoms with Crippen LogP contribution in [-0.2, 0) is 4.74 Å². The van der Waals surface area contributed by atoms with Crippen molar-refractivity contribution in [3.8, 4) is 0 Å². The van der Waals surface area contributed by atoms with Crippen LogP contribution in [0.5, 0.6) is 0 Å². The lowest BCUT2D eigenvalue weighted by atomic mass is 10.3. The molecule has 0 amide bonds. The monoisotopic (exact) mass is 256 g/mol. The Morgan fingerprint density at radius 3 is 2.53 bits per heavy atom. The summed E-state index contributed by atoms with van der Waals surface area (Å²) in [5.74, 6) is 0. The fourth-order valence-electron chi connectivity index (χ4n) is 1.65. The third-order valence-electron chi connectivity index (χ3n) is 2.52. The normalized spacial score (nSPS) is 20.5. The average molecular weight is 256 g/mol. The van der Waals surface area contributed by atoms with Crippen LogP contribution < -0.4 is 5.32 Å². The SMILES string of the molecule is OC(COCCC(F)(F)F)CN1CCNCC1. The van der Waals surface area contributed by atoms with Crippen molar-refractivity contribution in [2.45, 2.75) is 18.7 Å². The van der Waals surface area contributed by atoms with Gasteiger partial charge in [-0.15, -0.1) is 0 Å². The van der Waals surface area contributed by atoms with Crippen LogP contribution in [0.15, 0.2) is 0 Å². The molecule has 1 saturated heterocycles. The maximum atomic E-state index is 11.8. The molecule has 1 aliphatic rings. The van der Waals surface area contributed by atoms with E-state index in [1.54, 1.807) is 0 Å². The lowest BCUT2D eigenvalue weighted by Gasteiger charge is -2.28. The van der Waals surface area contributed by atoms with Gasteiger partial charge in [0.2, 0.25) is 0 Å². The van der Waals surface area contributed by atoms with Crippen molar-refractivity contribution in [2.75, 3.05) is 45.9 Å². The van der Waals surface area contributed by atoms with Crippen LogP contribution in [0.4, 0.5) is 13.2 Å². The Bertz CT molecular complexity index is 208. The van der Waals surface area contributed by atoms with Gasteiger partial charge in [-0.05, 0) is 0 Å². The van der Waals surface area contributed by atoms with Gasteiger partial charge in [0.15, 0.2) is 0 Å². The van der Waals surface area contributed by atoms with Gasteiger partial charge in [0.1, 0.15) is 0 Å². The van der Waals surface area contributed by atoms with Crippen LogP contribution in [0.25, 0.3) is 0 Å². The molecule has 0 saturated carbocycles. The Hall–Kier alpha value is -0.370. The number of nitrogens with one attached hydrogen (secondary N) is 1. The van der Waals surface area contributed by atoms with E-state index < -0.39 is 18.7 Å². The van der Waals surface area contributed by atoms with Gasteiger partial charge in [-0.25, -0.2) is 0 Å². The summed E-state index contributed by atoms with van der Waals surface area (Å²) in [6.07, 6.45) is -5.88. The molecule has 0 radical (unpaired) electrons. The van der Waals surface area contributed by atoms with Gasteiger partial charge >= 0.3 is 6.18 Å². The highest BCUT2D eigenvalue weighted by Crippen LogP contribution is 2.18. The highest BCUT2D eigenvalue weighted by atomic mass is 19.4. The second kappa shape index (κ2) is 7.15. The summed E-state index contributed by atoms with van der Waals surface area (Å²) in [5.41, 5.74) is 0. The number of hydrogen-bond acceptors (Lipinski definition) is 4. The minimum atomic E-state index is -4.19. The molecule has 1 rings (SSSR count). The van der Waals surface area contributed by atoms with E-state index in [9.17, 15) is 18.3 Å². The average Bonchev–Trinajstić information content (AvgIpc) is 2.25. The van der Waals surface area contributed by atoms with Gasteiger partial charge in [0, 0.05) is 32.7 Å². The molecule has 0 aromatic rings. The zero-order chi connectivity index (χ0) is 12.7. The summed E-state index contributed by atoms with van der Waals surface area (Å²) < 4.78 is 40.2. The van der Waals surface area contributed by atoms with Crippen LogP contribution >= 0.6 is 0 Å². The van der Waals surface area contributed by atoms with E-state index in [0.717, 1.165) is 26.2 Å². The number of hydrogen-bond donors (Lipinski definition) is 2. The van der Waals surface area contributed by atoms with Gasteiger partial charge in [-0.1, -0.05) is 0 Å². The molecule has 17 heavy (non-hydrogen) atoms. The largest absolute Gasteiger partial charge is 0.391 e. The number of ether oxygens (including phenoxy) is 1. The number of aliphatic hydroxyl groups is 1. The molecule has 0 aromatic heterocycles. The first-order chi connectivity index (χ1) is 7.97. The second-order valence-electron chi connectivity index (χ2n) is 4.14. The minimum absolute atomic E-state index is 0.0417. The molecule has 1 fully saturated rings. The Morgan fingerprint density at radius 2 is 1.94 bits per heavy atom. The lowest BCUT2D eigenvalue weighted by molar-refractivity contribution is -0.147. The Morgan fingerprint density at radius 1 is 1.29 bits per heavy atom. The number of β-amino-alcohol motifs (C(OH)–C–C–N with tert-alkyl or cyclic N) is 1. The zero-order valence-electron chi connectivity index (χ0n) is 9.67. The summed E-state index contributed by atoms with van der Waals surface area (Å²) in [6, 6.07) is 0. The highest BCUT2D eigenvalue weighted by Gasteiger charge is 2.26. The first kappa shape index (κ1) is 14.7. The van der Waals surface area contributed by atoms with Crippen molar-refractivity contribution in [3.63, 3.8) is 0 Å². The Kier molecular flexibility index (Phi) is 6.18. The van der Waals surface area contributed by atoms with Crippen LogP contribution in [-0.4, -0.2) is 68.2 Å². The first-order valence-corrected chi connectivity index (χ1v) is 5.73. The third-order valence-corrected chi connectivity index (χ3v) is 2.52. The molecule has 0 aromatic carbocycles.